The standard InChI is InChI=1S/C19H20F2N2O2/c1-3-16(14-6-5-13(20)9-15(14)21)22-11(2)12-4-7-18-17(8-12)23-19(24)10-25-18/h4-9,11,16,22H,3,10H2,1-2H3,(H,23,24)/t11-,16-/m0/s1. The topological polar surface area (TPSA) is 50.4 Å². The molecule has 1 amide bonds. The van der Waals surface area contributed by atoms with Gasteiger partial charge < -0.3 is 15.4 Å². The summed E-state index contributed by atoms with van der Waals surface area (Å²) in [6.45, 7) is 3.91. The number of carbonyl (C=O) groups is 1. The number of carbonyl (C=O) groups excluding carboxylic acids is 1. The molecule has 0 aromatic heterocycles. The SMILES string of the molecule is CC[C@H](N[C@@H](C)c1ccc2c(c1)NC(=O)CO2)c1ccc(F)cc1F. The van der Waals surface area contributed by atoms with Crippen LogP contribution in [0.3, 0.4) is 0 Å². The molecule has 0 unspecified atom stereocenters. The molecule has 2 aromatic carbocycles. The van der Waals surface area contributed by atoms with Gasteiger partial charge in [0.2, 0.25) is 0 Å². The molecule has 2 N–H and O–H groups in total. The predicted molar refractivity (Wildman–Crippen MR) is 91.5 cm³/mol. The van der Waals surface area contributed by atoms with Gasteiger partial charge in [-0.25, -0.2) is 8.78 Å². The van der Waals surface area contributed by atoms with Crippen molar-refractivity contribution in [3.8, 4) is 5.75 Å². The molecule has 1 aliphatic heterocycles. The average Bonchev–Trinajstić information content (AvgIpc) is 2.59. The van der Waals surface area contributed by atoms with Crippen LogP contribution in [0.25, 0.3) is 0 Å². The highest BCUT2D eigenvalue weighted by atomic mass is 19.1. The van der Waals surface area contributed by atoms with Gasteiger partial charge in [0.15, 0.2) is 6.61 Å². The second-order valence-electron chi connectivity index (χ2n) is 6.11. The normalized spacial score (nSPS) is 15.8. The summed E-state index contributed by atoms with van der Waals surface area (Å²) in [6, 6.07) is 8.84. The van der Waals surface area contributed by atoms with Crippen LogP contribution in [-0.2, 0) is 4.79 Å². The Bertz CT molecular complexity index is 795. The number of hydrogen-bond donors (Lipinski definition) is 2. The molecular weight excluding hydrogens is 326 g/mol. The van der Waals surface area contributed by atoms with E-state index in [1.54, 1.807) is 0 Å². The second kappa shape index (κ2) is 7.19. The van der Waals surface area contributed by atoms with Crippen LogP contribution in [0, 0.1) is 11.6 Å². The Morgan fingerprint density at radius 1 is 1.24 bits per heavy atom. The van der Waals surface area contributed by atoms with E-state index >= 15 is 0 Å². The van der Waals surface area contributed by atoms with Gasteiger partial charge in [0.05, 0.1) is 5.69 Å². The predicted octanol–water partition coefficient (Wildman–Crippen LogP) is 4.10. The summed E-state index contributed by atoms with van der Waals surface area (Å²) >= 11 is 0. The molecule has 2 aromatic rings. The van der Waals surface area contributed by atoms with E-state index in [1.165, 1.54) is 12.1 Å². The molecule has 0 saturated carbocycles. The molecule has 25 heavy (non-hydrogen) atoms. The Balaban J connectivity index is 1.79. The maximum atomic E-state index is 14.1. The van der Waals surface area contributed by atoms with Crippen molar-refractivity contribution in [3.63, 3.8) is 0 Å². The van der Waals surface area contributed by atoms with Gasteiger partial charge in [-0.15, -0.1) is 0 Å². The highest BCUT2D eigenvalue weighted by Crippen LogP contribution is 2.32. The number of amides is 1. The lowest BCUT2D eigenvalue weighted by Crippen LogP contribution is -2.27. The van der Waals surface area contributed by atoms with Gasteiger partial charge in [0, 0.05) is 23.7 Å². The molecule has 0 bridgehead atoms. The van der Waals surface area contributed by atoms with Crippen molar-refractivity contribution in [2.24, 2.45) is 0 Å². The lowest BCUT2D eigenvalue weighted by atomic mass is 10.00. The van der Waals surface area contributed by atoms with Crippen molar-refractivity contribution in [2.45, 2.75) is 32.4 Å². The number of anilines is 1. The molecule has 1 aliphatic rings. The van der Waals surface area contributed by atoms with Crippen LogP contribution in [0.15, 0.2) is 36.4 Å². The Hall–Kier alpha value is -2.47. The molecule has 3 rings (SSSR count). The van der Waals surface area contributed by atoms with Crippen LogP contribution in [-0.4, -0.2) is 12.5 Å². The van der Waals surface area contributed by atoms with E-state index in [9.17, 15) is 13.6 Å². The first kappa shape index (κ1) is 17.4. The zero-order valence-corrected chi connectivity index (χ0v) is 14.1. The Morgan fingerprint density at radius 2 is 2.04 bits per heavy atom. The zero-order valence-electron chi connectivity index (χ0n) is 14.1. The summed E-state index contributed by atoms with van der Waals surface area (Å²) in [6.07, 6.45) is 0.650. The van der Waals surface area contributed by atoms with Crippen molar-refractivity contribution in [3.05, 3.63) is 59.2 Å². The molecule has 2 atom stereocenters. The van der Waals surface area contributed by atoms with Gasteiger partial charge in [0.1, 0.15) is 17.4 Å². The number of halogens is 2. The fourth-order valence-electron chi connectivity index (χ4n) is 2.98. The van der Waals surface area contributed by atoms with Crippen LogP contribution in [0.4, 0.5) is 14.5 Å². The molecule has 0 spiro atoms. The van der Waals surface area contributed by atoms with Crippen molar-refractivity contribution in [2.75, 3.05) is 11.9 Å². The third-order valence-electron chi connectivity index (χ3n) is 4.33. The highest BCUT2D eigenvalue weighted by Gasteiger charge is 2.20. The van der Waals surface area contributed by atoms with Gasteiger partial charge in [-0.3, -0.25) is 4.79 Å². The summed E-state index contributed by atoms with van der Waals surface area (Å²) in [7, 11) is 0. The summed E-state index contributed by atoms with van der Waals surface area (Å²) < 4.78 is 32.5. The fraction of sp³-hybridized carbons (Fsp3) is 0.316. The fourth-order valence-corrected chi connectivity index (χ4v) is 2.98. The third kappa shape index (κ3) is 3.79. The first-order chi connectivity index (χ1) is 12.0. The maximum Gasteiger partial charge on any atom is 0.262 e. The molecule has 0 aliphatic carbocycles. The van der Waals surface area contributed by atoms with Crippen LogP contribution >= 0.6 is 0 Å². The largest absolute Gasteiger partial charge is 0.482 e. The van der Waals surface area contributed by atoms with Crippen LogP contribution in [0.1, 0.15) is 43.5 Å². The summed E-state index contributed by atoms with van der Waals surface area (Å²) in [5.41, 5.74) is 2.00. The molecule has 0 saturated heterocycles. The number of nitrogens with one attached hydrogen (secondary N) is 2. The van der Waals surface area contributed by atoms with E-state index < -0.39 is 11.6 Å². The summed E-state index contributed by atoms with van der Waals surface area (Å²) in [5.74, 6) is -0.704. The maximum absolute atomic E-state index is 14.1. The molecule has 1 heterocycles. The smallest absolute Gasteiger partial charge is 0.262 e. The van der Waals surface area contributed by atoms with Gasteiger partial charge in [-0.05, 0) is 37.1 Å². The number of rotatable bonds is 5. The van der Waals surface area contributed by atoms with Crippen LogP contribution in [0.2, 0.25) is 0 Å². The molecule has 4 nitrogen and oxygen atoms in total. The molecule has 6 heteroatoms. The van der Waals surface area contributed by atoms with Gasteiger partial charge in [-0.2, -0.15) is 0 Å². The molecular formula is C19H20F2N2O2. The second-order valence-corrected chi connectivity index (χ2v) is 6.11. The number of hydrogen-bond acceptors (Lipinski definition) is 3. The van der Waals surface area contributed by atoms with E-state index in [-0.39, 0.29) is 24.6 Å². The lowest BCUT2D eigenvalue weighted by molar-refractivity contribution is -0.118. The first-order valence-electron chi connectivity index (χ1n) is 8.25. The molecule has 0 radical (unpaired) electrons. The van der Waals surface area contributed by atoms with E-state index in [1.807, 2.05) is 32.0 Å². The van der Waals surface area contributed by atoms with Crippen molar-refractivity contribution in [1.29, 1.82) is 0 Å². The minimum absolute atomic E-state index is 0.0158. The first-order valence-corrected chi connectivity index (χ1v) is 8.25. The van der Waals surface area contributed by atoms with Crippen molar-refractivity contribution in [1.82, 2.24) is 5.32 Å². The van der Waals surface area contributed by atoms with Crippen molar-refractivity contribution < 1.29 is 18.3 Å². The van der Waals surface area contributed by atoms with Gasteiger partial charge >= 0.3 is 0 Å². The zero-order chi connectivity index (χ0) is 18.0. The van der Waals surface area contributed by atoms with E-state index in [4.69, 9.17) is 4.74 Å². The summed E-state index contributed by atoms with van der Waals surface area (Å²) in [4.78, 5) is 11.5. The Morgan fingerprint density at radius 3 is 2.76 bits per heavy atom. The van der Waals surface area contributed by atoms with E-state index in [0.717, 1.165) is 11.6 Å². The van der Waals surface area contributed by atoms with E-state index in [0.29, 0.717) is 23.4 Å². The Kier molecular flexibility index (Phi) is 4.99. The third-order valence-corrected chi connectivity index (χ3v) is 4.33. The lowest BCUT2D eigenvalue weighted by Gasteiger charge is -2.25. The number of fused-ring (bicyclic) bond motifs is 1. The molecule has 132 valence electrons. The number of benzene rings is 2. The minimum Gasteiger partial charge on any atom is -0.482 e. The van der Waals surface area contributed by atoms with Gasteiger partial charge in [-0.1, -0.05) is 19.1 Å². The van der Waals surface area contributed by atoms with Crippen LogP contribution in [0.5, 0.6) is 5.75 Å². The quantitative estimate of drug-likeness (QED) is 0.857. The summed E-state index contributed by atoms with van der Waals surface area (Å²) in [5, 5.41) is 6.14. The monoisotopic (exact) mass is 346 g/mol. The minimum atomic E-state index is -0.588. The average molecular weight is 346 g/mol. The Labute approximate surface area is 145 Å². The van der Waals surface area contributed by atoms with Gasteiger partial charge in [0.25, 0.3) is 5.91 Å². The van der Waals surface area contributed by atoms with E-state index in [2.05, 4.69) is 10.6 Å². The number of ether oxygens (including phenoxy) is 1. The van der Waals surface area contributed by atoms with Crippen LogP contribution < -0.4 is 15.4 Å². The van der Waals surface area contributed by atoms with Crippen molar-refractivity contribution >= 4 is 11.6 Å². The highest BCUT2D eigenvalue weighted by molar-refractivity contribution is 5.95. The molecule has 0 fully saturated rings.